The van der Waals surface area contributed by atoms with E-state index in [9.17, 15) is 14.4 Å². The zero-order chi connectivity index (χ0) is 19.7. The molecule has 0 aliphatic carbocycles. The quantitative estimate of drug-likeness (QED) is 0.397. The second-order valence-corrected chi connectivity index (χ2v) is 6.34. The lowest BCUT2D eigenvalue weighted by atomic mass is 10.1. The van der Waals surface area contributed by atoms with Gasteiger partial charge in [-0.25, -0.2) is 14.4 Å². The van der Waals surface area contributed by atoms with Crippen LogP contribution in [0.3, 0.4) is 0 Å². The summed E-state index contributed by atoms with van der Waals surface area (Å²) in [5.74, 6) is -0.814. The molecule has 6 heteroatoms. The zero-order valence-electron chi connectivity index (χ0n) is 15.1. The Morgan fingerprint density at radius 1 is 0.964 bits per heavy atom. The van der Waals surface area contributed by atoms with E-state index in [1.807, 2.05) is 19.1 Å². The first-order valence-corrected chi connectivity index (χ1v) is 8.81. The molecule has 0 atom stereocenters. The van der Waals surface area contributed by atoms with E-state index in [2.05, 4.69) is 0 Å². The molecule has 0 saturated heterocycles. The van der Waals surface area contributed by atoms with Crippen LogP contribution in [0.25, 0.3) is 21.9 Å². The van der Waals surface area contributed by atoms with Crippen LogP contribution in [-0.4, -0.2) is 5.97 Å². The highest BCUT2D eigenvalue weighted by Crippen LogP contribution is 2.20. The van der Waals surface area contributed by atoms with Crippen molar-refractivity contribution in [1.29, 1.82) is 0 Å². The molecular weight excluding hydrogens is 360 g/mol. The topological polar surface area (TPSA) is 86.7 Å². The predicted octanol–water partition coefficient (Wildman–Crippen LogP) is 3.82. The predicted molar refractivity (Wildman–Crippen MR) is 103 cm³/mol. The van der Waals surface area contributed by atoms with Gasteiger partial charge in [0.2, 0.25) is 0 Å². The average Bonchev–Trinajstić information content (AvgIpc) is 2.70. The van der Waals surface area contributed by atoms with Gasteiger partial charge in [-0.05, 0) is 30.2 Å². The molecule has 2 aromatic carbocycles. The molecule has 0 saturated carbocycles. The summed E-state index contributed by atoms with van der Waals surface area (Å²) in [4.78, 5) is 36.4. The number of esters is 1. The molecule has 0 spiro atoms. The van der Waals surface area contributed by atoms with Gasteiger partial charge in [-0.1, -0.05) is 37.3 Å². The third-order valence-corrected chi connectivity index (χ3v) is 4.52. The molecular formula is C22H16O6. The highest BCUT2D eigenvalue weighted by molar-refractivity contribution is 5.93. The first-order valence-electron chi connectivity index (χ1n) is 8.81. The fourth-order valence-corrected chi connectivity index (χ4v) is 3.04. The van der Waals surface area contributed by atoms with Crippen molar-refractivity contribution in [1.82, 2.24) is 0 Å². The minimum atomic E-state index is -0.814. The first-order chi connectivity index (χ1) is 13.5. The van der Waals surface area contributed by atoms with E-state index in [1.54, 1.807) is 30.3 Å². The van der Waals surface area contributed by atoms with Crippen LogP contribution < -0.4 is 11.3 Å². The molecule has 6 nitrogen and oxygen atoms in total. The normalized spacial score (nSPS) is 11.0. The van der Waals surface area contributed by atoms with E-state index in [-0.39, 0.29) is 12.2 Å². The second kappa shape index (κ2) is 7.15. The van der Waals surface area contributed by atoms with Crippen LogP contribution in [0.15, 0.2) is 73.0 Å². The number of hydrogen-bond donors (Lipinski definition) is 0. The lowest BCUT2D eigenvalue weighted by Gasteiger charge is -2.08. The third kappa shape index (κ3) is 3.32. The smallest absolute Gasteiger partial charge is 0.351 e. The van der Waals surface area contributed by atoms with E-state index in [0.717, 1.165) is 12.0 Å². The van der Waals surface area contributed by atoms with Crippen LogP contribution in [0.5, 0.6) is 0 Å². The number of benzene rings is 2. The van der Waals surface area contributed by atoms with Crippen molar-refractivity contribution in [2.24, 2.45) is 0 Å². The van der Waals surface area contributed by atoms with Gasteiger partial charge >= 0.3 is 17.2 Å². The highest BCUT2D eigenvalue weighted by atomic mass is 16.5. The van der Waals surface area contributed by atoms with Crippen LogP contribution >= 0.6 is 0 Å². The van der Waals surface area contributed by atoms with Crippen molar-refractivity contribution < 1.29 is 18.4 Å². The van der Waals surface area contributed by atoms with Crippen molar-refractivity contribution in [3.05, 3.63) is 92.1 Å². The third-order valence-electron chi connectivity index (χ3n) is 4.52. The van der Waals surface area contributed by atoms with Gasteiger partial charge in [-0.3, -0.25) is 0 Å². The maximum Gasteiger partial charge on any atom is 0.351 e. The average molecular weight is 376 g/mol. The summed E-state index contributed by atoms with van der Waals surface area (Å²) < 4.78 is 15.7. The molecule has 0 radical (unpaired) electrons. The Bertz CT molecular complexity index is 1310. The van der Waals surface area contributed by atoms with Gasteiger partial charge in [-0.15, -0.1) is 0 Å². The van der Waals surface area contributed by atoms with Gasteiger partial charge in [-0.2, -0.15) is 0 Å². The standard InChI is InChI=1S/C22H16O6/c1-2-13-7-8-16-15(11-20(23)27-19(16)9-13)12-26-21(24)17-10-14-5-3-4-6-18(14)28-22(17)25/h3-11H,2,12H2,1H3. The van der Waals surface area contributed by atoms with E-state index in [0.29, 0.717) is 27.5 Å². The van der Waals surface area contributed by atoms with Crippen LogP contribution in [0.1, 0.15) is 28.4 Å². The number of para-hydroxylation sites is 1. The molecule has 0 fully saturated rings. The molecule has 2 heterocycles. The molecule has 2 aromatic heterocycles. The van der Waals surface area contributed by atoms with Gasteiger partial charge in [0.15, 0.2) is 0 Å². The molecule has 4 aromatic rings. The summed E-state index contributed by atoms with van der Waals surface area (Å²) in [5.41, 5.74) is 0.863. The van der Waals surface area contributed by atoms with Crippen molar-refractivity contribution in [3.63, 3.8) is 0 Å². The fraction of sp³-hybridized carbons (Fsp3) is 0.136. The maximum atomic E-state index is 12.4. The molecule has 0 bridgehead atoms. The monoisotopic (exact) mass is 376 g/mol. The summed E-state index contributed by atoms with van der Waals surface area (Å²) in [6.07, 6.45) is 0.802. The minimum absolute atomic E-state index is 0.168. The number of ether oxygens (including phenoxy) is 1. The molecule has 0 aliphatic heterocycles. The number of carbonyl (C=O) groups is 1. The molecule has 0 N–H and O–H groups in total. The maximum absolute atomic E-state index is 12.4. The summed E-state index contributed by atoms with van der Waals surface area (Å²) in [5, 5.41) is 1.29. The Kier molecular flexibility index (Phi) is 4.53. The lowest BCUT2D eigenvalue weighted by Crippen LogP contribution is -2.16. The van der Waals surface area contributed by atoms with Gasteiger partial charge in [0.25, 0.3) is 0 Å². The van der Waals surface area contributed by atoms with E-state index in [4.69, 9.17) is 13.6 Å². The van der Waals surface area contributed by atoms with Crippen LogP contribution in [0.2, 0.25) is 0 Å². The lowest BCUT2D eigenvalue weighted by molar-refractivity contribution is 0.0469. The zero-order valence-corrected chi connectivity index (χ0v) is 15.1. The summed E-state index contributed by atoms with van der Waals surface area (Å²) in [6, 6.07) is 15.1. The molecule has 4 rings (SSSR count). The van der Waals surface area contributed by atoms with Gasteiger partial charge in [0.1, 0.15) is 23.3 Å². The minimum Gasteiger partial charge on any atom is -0.457 e. The Labute approximate surface area is 159 Å². The van der Waals surface area contributed by atoms with Crippen LogP contribution in [-0.2, 0) is 17.8 Å². The summed E-state index contributed by atoms with van der Waals surface area (Å²) in [6.45, 7) is 1.83. The van der Waals surface area contributed by atoms with E-state index < -0.39 is 17.2 Å². The number of aryl methyl sites for hydroxylation is 1. The molecule has 0 unspecified atom stereocenters. The van der Waals surface area contributed by atoms with Crippen molar-refractivity contribution in [3.8, 4) is 0 Å². The number of hydrogen-bond acceptors (Lipinski definition) is 6. The van der Waals surface area contributed by atoms with Crippen molar-refractivity contribution >= 4 is 27.9 Å². The Morgan fingerprint density at radius 3 is 2.61 bits per heavy atom. The Hall–Kier alpha value is -3.67. The van der Waals surface area contributed by atoms with E-state index in [1.165, 1.54) is 12.1 Å². The Balaban J connectivity index is 1.64. The molecule has 0 amide bonds. The van der Waals surface area contributed by atoms with Gasteiger partial charge in [0, 0.05) is 22.4 Å². The highest BCUT2D eigenvalue weighted by Gasteiger charge is 2.16. The summed E-state index contributed by atoms with van der Waals surface area (Å²) >= 11 is 0. The van der Waals surface area contributed by atoms with Crippen molar-refractivity contribution in [2.75, 3.05) is 0 Å². The molecule has 140 valence electrons. The number of rotatable bonds is 4. The van der Waals surface area contributed by atoms with E-state index >= 15 is 0 Å². The molecule has 0 aliphatic rings. The first kappa shape index (κ1) is 17.7. The number of carbonyl (C=O) groups excluding carboxylic acids is 1. The van der Waals surface area contributed by atoms with Crippen LogP contribution in [0, 0.1) is 0 Å². The fourth-order valence-electron chi connectivity index (χ4n) is 3.04. The summed E-state index contributed by atoms with van der Waals surface area (Å²) in [7, 11) is 0. The Morgan fingerprint density at radius 2 is 1.79 bits per heavy atom. The number of fused-ring (bicyclic) bond motifs is 2. The second-order valence-electron chi connectivity index (χ2n) is 6.34. The molecule has 28 heavy (non-hydrogen) atoms. The van der Waals surface area contributed by atoms with Gasteiger partial charge < -0.3 is 13.6 Å². The largest absolute Gasteiger partial charge is 0.457 e. The van der Waals surface area contributed by atoms with Crippen LogP contribution in [0.4, 0.5) is 0 Å². The van der Waals surface area contributed by atoms with Crippen molar-refractivity contribution in [2.45, 2.75) is 20.0 Å². The SMILES string of the molecule is CCc1ccc2c(COC(=O)c3cc4ccccc4oc3=O)cc(=O)oc2c1. The van der Waals surface area contributed by atoms with Gasteiger partial charge in [0.05, 0.1) is 0 Å².